The molecule has 0 aliphatic rings. The fourth-order valence-electron chi connectivity index (χ4n) is 12.2. The number of aromatic nitrogens is 2. The molecule has 0 radical (unpaired) electrons. The van der Waals surface area contributed by atoms with Gasteiger partial charge in [-0.05, 0) is 192 Å². The summed E-state index contributed by atoms with van der Waals surface area (Å²) in [6.07, 6.45) is -25.2. The molecule has 0 aliphatic carbocycles. The number of benzene rings is 10. The maximum atomic E-state index is 15.8. The van der Waals surface area contributed by atoms with Gasteiger partial charge < -0.3 is 9.13 Å². The van der Waals surface area contributed by atoms with E-state index in [2.05, 4.69) is 10.9 Å². The number of nitrogens with zero attached hydrogens (tertiary/aromatic N) is 4. The number of rotatable bonds is 7. The summed E-state index contributed by atoms with van der Waals surface area (Å²) in [6.45, 7) is 15.1. The lowest BCUT2D eigenvalue weighted by Crippen LogP contribution is -2.11. The largest absolute Gasteiger partial charge is 0.416 e. The quantitative estimate of drug-likeness (QED) is 0.116. The lowest BCUT2D eigenvalue weighted by molar-refractivity contribution is -0.143. The molecule has 0 amide bonds. The predicted molar refractivity (Wildman–Crippen MR) is 317 cm³/mol. The average Bonchev–Trinajstić information content (AvgIpc) is 1.47. The third-order valence-corrected chi connectivity index (χ3v) is 15.9. The summed E-state index contributed by atoms with van der Waals surface area (Å²) >= 11 is 0. The van der Waals surface area contributed by atoms with Crippen LogP contribution in [0.15, 0.2) is 176 Å². The zero-order chi connectivity index (χ0) is 64.5. The smallest absolute Gasteiger partial charge is 0.309 e. The molecule has 0 N–H and O–H groups in total. The average molecular weight is 1240 g/mol. The molecule has 2 aromatic heterocycles. The molecule has 2 heterocycles. The van der Waals surface area contributed by atoms with Crippen molar-refractivity contribution in [3.8, 4) is 73.1 Å². The molecule has 0 saturated carbocycles. The van der Waals surface area contributed by atoms with Crippen LogP contribution in [-0.4, -0.2) is 9.13 Å². The monoisotopic (exact) mass is 1230 g/mol. The van der Waals surface area contributed by atoms with Gasteiger partial charge in [0.1, 0.15) is 6.07 Å². The maximum Gasteiger partial charge on any atom is 0.416 e. The van der Waals surface area contributed by atoms with Crippen LogP contribution in [-0.2, 0) is 30.9 Å². The first-order valence-electron chi connectivity index (χ1n) is 27.4. The Morgan fingerprint density at radius 1 is 0.356 bits per heavy atom. The van der Waals surface area contributed by atoms with E-state index in [0.29, 0.717) is 50.6 Å². The number of hydrogen-bond donors (Lipinski definition) is 0. The van der Waals surface area contributed by atoms with Crippen LogP contribution >= 0.6 is 0 Å². The van der Waals surface area contributed by atoms with Crippen LogP contribution in [0, 0.1) is 45.6 Å². The minimum Gasteiger partial charge on any atom is -0.309 e. The second-order valence-electron chi connectivity index (χ2n) is 22.2. The summed E-state index contributed by atoms with van der Waals surface area (Å²) in [6, 6.07) is 39.7. The van der Waals surface area contributed by atoms with Crippen LogP contribution in [0.1, 0.15) is 55.6 Å². The van der Waals surface area contributed by atoms with Crippen molar-refractivity contribution < 1.29 is 65.9 Å². The van der Waals surface area contributed by atoms with E-state index in [0.717, 1.165) is 53.1 Å². The molecule has 0 spiro atoms. The van der Waals surface area contributed by atoms with Gasteiger partial charge in [0.15, 0.2) is 5.69 Å². The van der Waals surface area contributed by atoms with Crippen molar-refractivity contribution in [1.29, 1.82) is 5.26 Å². The third-order valence-electron chi connectivity index (χ3n) is 15.9. The highest BCUT2D eigenvalue weighted by Crippen LogP contribution is 2.50. The number of alkyl halides is 15. The summed E-state index contributed by atoms with van der Waals surface area (Å²) in [7, 11) is 0. The second kappa shape index (κ2) is 21.2. The van der Waals surface area contributed by atoms with Crippen LogP contribution in [0.4, 0.5) is 71.5 Å². The Kier molecular flexibility index (Phi) is 14.2. The van der Waals surface area contributed by atoms with E-state index in [1.807, 2.05) is 38.1 Å². The van der Waals surface area contributed by atoms with Gasteiger partial charge >= 0.3 is 30.9 Å². The molecule has 12 aromatic rings. The molecular weight excluding hydrogens is 1190 g/mol. The topological polar surface area (TPSA) is 38.0 Å². The molecule has 0 bridgehead atoms. The Morgan fingerprint density at radius 3 is 1.06 bits per heavy atom. The normalized spacial score (nSPS) is 12.6. The van der Waals surface area contributed by atoms with Crippen molar-refractivity contribution >= 4 is 49.3 Å². The summed E-state index contributed by atoms with van der Waals surface area (Å²) in [4.78, 5) is 3.56. The number of halogens is 15. The fourth-order valence-corrected chi connectivity index (χ4v) is 12.2. The standard InChI is InChI=1S/C71H41F15N4/c1-36-17-37(2)19-44(18-36)40-9-15-62-55(28-40)56-30-42(46-21-39(4)23-50(25-46)68(75,76)77)11-16-63(56)90(62)65-32-48(35-87)64(34-57(65)66-58(71(84,85)86)7-6-8-59(66)88-5)89-60-13-10-41(45-20-38(3)22-49(24-45)67(72,73)74)29-53(60)54-31-43(12-14-61(54)89)47-26-51(69(78,79)80)33-52(27-47)70(81,82)83/h6-34H,1-4H3. The molecule has 450 valence electrons. The highest BCUT2D eigenvalue weighted by molar-refractivity contribution is 6.14. The highest BCUT2D eigenvalue weighted by atomic mass is 19.4. The molecule has 19 heteroatoms. The molecule has 4 nitrogen and oxygen atoms in total. The van der Waals surface area contributed by atoms with E-state index >= 15 is 13.2 Å². The van der Waals surface area contributed by atoms with Crippen LogP contribution in [0.2, 0.25) is 0 Å². The van der Waals surface area contributed by atoms with Crippen LogP contribution < -0.4 is 0 Å². The number of fused-ring (bicyclic) bond motifs is 6. The Morgan fingerprint density at radius 2 is 0.700 bits per heavy atom. The Balaban J connectivity index is 1.20. The SMILES string of the molecule is [C-]#[N+]c1cccc(C(F)(F)F)c1-c1cc(-n2c3ccc(-c4cc(C)cc(C(F)(F)F)c4)cc3c3cc(-c4cc(C(F)(F)F)cc(C(F)(F)F)c4)ccc32)c(C#N)cc1-n1c2ccc(-c3cc(C)cc(C)c3)cc2c2cc(-c3cc(C)cc(C(F)(F)F)c3)ccc21. The van der Waals surface area contributed by atoms with Gasteiger partial charge in [-0.15, -0.1) is 0 Å². The zero-order valence-electron chi connectivity index (χ0n) is 47.2. The van der Waals surface area contributed by atoms with Crippen LogP contribution in [0.5, 0.6) is 0 Å². The molecule has 0 atom stereocenters. The summed E-state index contributed by atoms with van der Waals surface area (Å²) in [5, 5.41) is 12.5. The first-order valence-corrected chi connectivity index (χ1v) is 27.4. The highest BCUT2D eigenvalue weighted by Gasteiger charge is 2.39. The van der Waals surface area contributed by atoms with Crippen molar-refractivity contribution in [2.24, 2.45) is 0 Å². The summed E-state index contributed by atoms with van der Waals surface area (Å²) in [5.74, 6) is 0. The minimum absolute atomic E-state index is 0.0418. The van der Waals surface area contributed by atoms with Gasteiger partial charge in [0, 0.05) is 27.1 Å². The lowest BCUT2D eigenvalue weighted by Gasteiger charge is -2.22. The third kappa shape index (κ3) is 10.8. The summed E-state index contributed by atoms with van der Waals surface area (Å²) in [5.41, 5.74) is -3.66. The molecular formula is C71H41F15N4. The van der Waals surface area contributed by atoms with Gasteiger partial charge in [-0.2, -0.15) is 71.1 Å². The van der Waals surface area contributed by atoms with Crippen molar-refractivity contribution in [3.63, 3.8) is 0 Å². The Labute approximate surface area is 502 Å². The van der Waals surface area contributed by atoms with Crippen LogP contribution in [0.3, 0.4) is 0 Å². The maximum absolute atomic E-state index is 15.8. The van der Waals surface area contributed by atoms with Crippen molar-refractivity contribution in [2.45, 2.75) is 58.6 Å². The van der Waals surface area contributed by atoms with Crippen LogP contribution in [0.25, 0.3) is 115 Å². The zero-order valence-corrected chi connectivity index (χ0v) is 47.2. The van der Waals surface area contributed by atoms with E-state index < -0.39 is 75.5 Å². The molecule has 0 saturated heterocycles. The Hall–Kier alpha value is -10.3. The number of nitriles is 1. The lowest BCUT2D eigenvalue weighted by atomic mass is 9.93. The first kappa shape index (κ1) is 60.0. The number of hydrogen-bond acceptors (Lipinski definition) is 1. The molecule has 0 unspecified atom stereocenters. The minimum atomic E-state index is -5.25. The molecule has 10 aromatic carbocycles. The van der Waals surface area contributed by atoms with Crippen molar-refractivity contribution in [1.82, 2.24) is 9.13 Å². The van der Waals surface area contributed by atoms with Gasteiger partial charge in [-0.3, -0.25) is 0 Å². The van der Waals surface area contributed by atoms with Gasteiger partial charge in [-0.1, -0.05) is 83.9 Å². The van der Waals surface area contributed by atoms with E-state index in [1.54, 1.807) is 41.0 Å². The van der Waals surface area contributed by atoms with Crippen molar-refractivity contribution in [3.05, 3.63) is 243 Å². The van der Waals surface area contributed by atoms with E-state index in [1.165, 1.54) is 79.1 Å². The van der Waals surface area contributed by atoms with Gasteiger partial charge in [-0.25, -0.2) is 4.85 Å². The fraction of sp³-hybridized carbons (Fsp3) is 0.127. The van der Waals surface area contributed by atoms with Gasteiger partial charge in [0.05, 0.1) is 73.4 Å². The van der Waals surface area contributed by atoms with E-state index in [9.17, 15) is 57.9 Å². The van der Waals surface area contributed by atoms with E-state index in [-0.39, 0.29) is 78.2 Å². The predicted octanol–water partition coefficient (Wildman–Crippen LogP) is 23.0. The second-order valence-corrected chi connectivity index (χ2v) is 22.2. The van der Waals surface area contributed by atoms with E-state index in [4.69, 9.17) is 6.57 Å². The summed E-state index contributed by atoms with van der Waals surface area (Å²) < 4.78 is 222. The first-order chi connectivity index (χ1) is 42.3. The van der Waals surface area contributed by atoms with Gasteiger partial charge in [0.2, 0.25) is 0 Å². The Bertz CT molecular complexity index is 5020. The molecule has 0 fully saturated rings. The van der Waals surface area contributed by atoms with Crippen molar-refractivity contribution in [2.75, 3.05) is 0 Å². The molecule has 90 heavy (non-hydrogen) atoms. The van der Waals surface area contributed by atoms with Gasteiger partial charge in [0.25, 0.3) is 0 Å². The molecule has 0 aliphatic heterocycles. The molecule has 12 rings (SSSR count). The number of aryl methyl sites for hydroxylation is 4.